The van der Waals surface area contributed by atoms with Crippen LogP contribution < -0.4 is 5.73 Å². The van der Waals surface area contributed by atoms with Gasteiger partial charge in [-0.2, -0.15) is 13.2 Å². The number of alkyl halides is 3. The van der Waals surface area contributed by atoms with Crippen LogP contribution in [0.1, 0.15) is 21.4 Å². The second-order valence-corrected chi connectivity index (χ2v) is 4.76. The molecular formula is C9H8F3N5S. The summed E-state index contributed by atoms with van der Waals surface area (Å²) in [5, 5.41) is 9.09. The Kier molecular flexibility index (Phi) is 3.16. The van der Waals surface area contributed by atoms with E-state index in [0.29, 0.717) is 10.6 Å². The van der Waals surface area contributed by atoms with Gasteiger partial charge in [-0.05, 0) is 6.92 Å². The lowest BCUT2D eigenvalue weighted by Crippen LogP contribution is -2.13. The molecule has 0 fully saturated rings. The summed E-state index contributed by atoms with van der Waals surface area (Å²) in [4.78, 5) is 6.50. The second-order valence-electron chi connectivity index (χ2n) is 3.49. The molecule has 0 aliphatic carbocycles. The van der Waals surface area contributed by atoms with Crippen LogP contribution >= 0.6 is 11.3 Å². The Morgan fingerprint density at radius 2 is 2.06 bits per heavy atom. The minimum absolute atomic E-state index is 0.190. The Bertz CT molecular complexity index is 566. The van der Waals surface area contributed by atoms with Gasteiger partial charge in [-0.25, -0.2) is 9.97 Å². The van der Waals surface area contributed by atoms with Crippen molar-refractivity contribution in [2.24, 2.45) is 0 Å². The predicted molar refractivity (Wildman–Crippen MR) is 58.9 cm³/mol. The van der Waals surface area contributed by atoms with Crippen molar-refractivity contribution in [3.05, 3.63) is 27.6 Å². The zero-order valence-electron chi connectivity index (χ0n) is 9.19. The van der Waals surface area contributed by atoms with Crippen LogP contribution in [-0.2, 0) is 12.6 Å². The molecule has 0 bridgehead atoms. The number of aromatic nitrogens is 4. The fourth-order valence-electron chi connectivity index (χ4n) is 1.26. The zero-order valence-corrected chi connectivity index (χ0v) is 10.0. The lowest BCUT2D eigenvalue weighted by Gasteiger charge is -2.07. The maximum atomic E-state index is 12.3. The van der Waals surface area contributed by atoms with Gasteiger partial charge >= 0.3 is 6.18 Å². The summed E-state index contributed by atoms with van der Waals surface area (Å²) in [7, 11) is 0. The monoisotopic (exact) mass is 275 g/mol. The zero-order chi connectivity index (χ0) is 13.3. The van der Waals surface area contributed by atoms with Gasteiger partial charge in [0, 0.05) is 18.2 Å². The van der Waals surface area contributed by atoms with E-state index in [2.05, 4.69) is 20.2 Å². The van der Waals surface area contributed by atoms with Crippen molar-refractivity contribution in [2.75, 3.05) is 5.73 Å². The molecule has 0 unspecified atom stereocenters. The molecule has 0 aliphatic rings. The van der Waals surface area contributed by atoms with E-state index in [1.807, 2.05) is 0 Å². The van der Waals surface area contributed by atoms with E-state index in [1.165, 1.54) is 11.3 Å². The first-order chi connectivity index (χ1) is 8.36. The minimum atomic E-state index is -4.59. The number of aryl methyl sites for hydroxylation is 1. The predicted octanol–water partition coefficient (Wildman–Crippen LogP) is 1.83. The molecule has 2 heterocycles. The van der Waals surface area contributed by atoms with Gasteiger partial charge in [0.1, 0.15) is 15.8 Å². The fraction of sp³-hybridized carbons (Fsp3) is 0.333. The third-order valence-electron chi connectivity index (χ3n) is 2.06. The lowest BCUT2D eigenvalue weighted by molar-refractivity contribution is -0.144. The maximum Gasteiger partial charge on any atom is 0.451 e. The molecule has 0 amide bonds. The molecule has 2 aromatic rings. The Morgan fingerprint density at radius 1 is 1.33 bits per heavy atom. The molecule has 2 aromatic heterocycles. The van der Waals surface area contributed by atoms with Crippen molar-refractivity contribution in [3.63, 3.8) is 0 Å². The normalized spacial score (nSPS) is 11.8. The van der Waals surface area contributed by atoms with Crippen molar-refractivity contribution in [3.8, 4) is 0 Å². The van der Waals surface area contributed by atoms with Crippen molar-refractivity contribution < 1.29 is 13.2 Å². The summed E-state index contributed by atoms with van der Waals surface area (Å²) >= 11 is 1.35. The number of nitrogen functional groups attached to an aromatic ring is 1. The van der Waals surface area contributed by atoms with Crippen molar-refractivity contribution >= 4 is 17.2 Å². The summed E-state index contributed by atoms with van der Waals surface area (Å²) in [6.07, 6.45) is -3.25. The summed E-state index contributed by atoms with van der Waals surface area (Å²) in [5.74, 6) is -1.43. The Morgan fingerprint density at radius 3 is 2.56 bits per heavy atom. The molecule has 0 saturated heterocycles. The summed E-state index contributed by atoms with van der Waals surface area (Å²) in [6, 6.07) is 0. The highest BCUT2D eigenvalue weighted by Gasteiger charge is 2.35. The molecule has 0 aliphatic heterocycles. The van der Waals surface area contributed by atoms with E-state index in [4.69, 9.17) is 5.73 Å². The molecule has 0 atom stereocenters. The Hall–Kier alpha value is -1.77. The van der Waals surface area contributed by atoms with Crippen LogP contribution in [0.5, 0.6) is 0 Å². The SMILES string of the molecule is Cc1nnc(Cc2cnc(C(F)(F)F)nc2N)s1. The largest absolute Gasteiger partial charge is 0.451 e. The summed E-state index contributed by atoms with van der Waals surface area (Å²) < 4.78 is 37.0. The molecule has 96 valence electrons. The molecule has 0 aromatic carbocycles. The number of hydrogen-bond acceptors (Lipinski definition) is 6. The van der Waals surface area contributed by atoms with Crippen LogP contribution in [-0.4, -0.2) is 20.2 Å². The number of nitrogens with zero attached hydrogens (tertiary/aromatic N) is 4. The highest BCUT2D eigenvalue weighted by Crippen LogP contribution is 2.27. The second kappa shape index (κ2) is 4.48. The van der Waals surface area contributed by atoms with Gasteiger partial charge < -0.3 is 5.73 Å². The van der Waals surface area contributed by atoms with Crippen LogP contribution in [0, 0.1) is 6.92 Å². The number of hydrogen-bond donors (Lipinski definition) is 1. The average Bonchev–Trinajstić information content (AvgIpc) is 2.65. The molecule has 0 saturated carbocycles. The number of rotatable bonds is 2. The molecule has 2 N–H and O–H groups in total. The Labute approximate surface area is 104 Å². The van der Waals surface area contributed by atoms with E-state index in [1.54, 1.807) is 6.92 Å². The maximum absolute atomic E-state index is 12.3. The van der Waals surface area contributed by atoms with Gasteiger partial charge in [0.2, 0.25) is 5.82 Å². The lowest BCUT2D eigenvalue weighted by atomic mass is 10.2. The molecule has 18 heavy (non-hydrogen) atoms. The first-order valence-corrected chi connectivity index (χ1v) is 5.65. The molecule has 0 spiro atoms. The van der Waals surface area contributed by atoms with Crippen LogP contribution in [0.25, 0.3) is 0 Å². The third kappa shape index (κ3) is 2.73. The van der Waals surface area contributed by atoms with Gasteiger partial charge in [0.15, 0.2) is 0 Å². The Balaban J connectivity index is 2.25. The molecular weight excluding hydrogens is 267 g/mol. The van der Waals surface area contributed by atoms with Crippen LogP contribution in [0.15, 0.2) is 6.20 Å². The minimum Gasteiger partial charge on any atom is -0.383 e. The van der Waals surface area contributed by atoms with Crippen molar-refractivity contribution in [2.45, 2.75) is 19.5 Å². The fourth-order valence-corrected chi connectivity index (χ4v) is 2.00. The van der Waals surface area contributed by atoms with Crippen molar-refractivity contribution in [1.82, 2.24) is 20.2 Å². The average molecular weight is 275 g/mol. The van der Waals surface area contributed by atoms with Gasteiger partial charge in [0.05, 0.1) is 0 Å². The van der Waals surface area contributed by atoms with E-state index in [-0.39, 0.29) is 12.2 Å². The third-order valence-corrected chi connectivity index (χ3v) is 2.90. The van der Waals surface area contributed by atoms with Crippen molar-refractivity contribution in [1.29, 1.82) is 0 Å². The topological polar surface area (TPSA) is 77.6 Å². The molecule has 9 heteroatoms. The van der Waals surface area contributed by atoms with Crippen LogP contribution in [0.2, 0.25) is 0 Å². The van der Waals surface area contributed by atoms with E-state index >= 15 is 0 Å². The number of anilines is 1. The van der Waals surface area contributed by atoms with Gasteiger partial charge in [-0.15, -0.1) is 21.5 Å². The molecule has 0 radical (unpaired) electrons. The van der Waals surface area contributed by atoms with Gasteiger partial charge in [-0.1, -0.05) is 0 Å². The molecule has 2 rings (SSSR count). The van der Waals surface area contributed by atoms with E-state index < -0.39 is 12.0 Å². The first kappa shape index (κ1) is 12.7. The smallest absolute Gasteiger partial charge is 0.383 e. The number of halogens is 3. The summed E-state index contributed by atoms with van der Waals surface area (Å²) in [5.41, 5.74) is 5.88. The van der Waals surface area contributed by atoms with Crippen LogP contribution in [0.4, 0.5) is 19.0 Å². The standard InChI is InChI=1S/C9H8F3N5S/c1-4-16-17-6(18-4)2-5-3-14-8(9(10,11)12)15-7(5)13/h3H,2H2,1H3,(H2,13,14,15). The molecule has 5 nitrogen and oxygen atoms in total. The highest BCUT2D eigenvalue weighted by molar-refractivity contribution is 7.11. The van der Waals surface area contributed by atoms with Gasteiger partial charge in [0.25, 0.3) is 0 Å². The summed E-state index contributed by atoms with van der Waals surface area (Å²) in [6.45, 7) is 1.79. The highest BCUT2D eigenvalue weighted by atomic mass is 32.1. The van der Waals surface area contributed by atoms with E-state index in [9.17, 15) is 13.2 Å². The quantitative estimate of drug-likeness (QED) is 0.904. The van der Waals surface area contributed by atoms with E-state index in [0.717, 1.165) is 11.2 Å². The van der Waals surface area contributed by atoms with Gasteiger partial charge in [-0.3, -0.25) is 0 Å². The first-order valence-electron chi connectivity index (χ1n) is 4.84. The number of nitrogens with two attached hydrogens (primary N) is 1. The van der Waals surface area contributed by atoms with Crippen LogP contribution in [0.3, 0.4) is 0 Å².